The van der Waals surface area contributed by atoms with Crippen LogP contribution in [0.4, 0.5) is 4.39 Å². The molecule has 1 aliphatic carbocycles. The normalized spacial score (nSPS) is 18.3. The number of ketones is 1. The molecule has 1 aliphatic rings. The molecule has 2 N–H and O–H groups in total. The van der Waals surface area contributed by atoms with Gasteiger partial charge >= 0.3 is 0 Å². The molecule has 0 amide bonds. The van der Waals surface area contributed by atoms with Crippen LogP contribution >= 0.6 is 11.6 Å². The Balaban J connectivity index is 2.39. The summed E-state index contributed by atoms with van der Waals surface area (Å²) in [6.07, 6.45) is 3.54. The third-order valence-corrected chi connectivity index (χ3v) is 3.94. The molecular weight excluding hydrogens is 241 g/mol. The molecule has 92 valence electrons. The number of Topliss-reactive ketones (excluding diaryl/α,β-unsaturated/α-hetero) is 1. The van der Waals surface area contributed by atoms with Crippen molar-refractivity contribution in [1.29, 1.82) is 0 Å². The van der Waals surface area contributed by atoms with Crippen molar-refractivity contribution < 1.29 is 9.18 Å². The predicted octanol–water partition coefficient (Wildman–Crippen LogP) is 3.18. The molecule has 0 bridgehead atoms. The van der Waals surface area contributed by atoms with E-state index < -0.39 is 11.2 Å². The molecule has 0 heterocycles. The second kappa shape index (κ2) is 4.75. The largest absolute Gasteiger partial charge is 0.329 e. The molecule has 1 saturated carbocycles. The monoisotopic (exact) mass is 255 g/mol. The fraction of sp³-hybridized carbons (Fsp3) is 0.462. The van der Waals surface area contributed by atoms with Crippen LogP contribution in [0.15, 0.2) is 18.2 Å². The lowest BCUT2D eigenvalue weighted by Gasteiger charge is -2.25. The zero-order valence-corrected chi connectivity index (χ0v) is 10.3. The van der Waals surface area contributed by atoms with Crippen LogP contribution in [-0.2, 0) is 0 Å². The first-order valence-corrected chi connectivity index (χ1v) is 6.17. The topological polar surface area (TPSA) is 43.1 Å². The van der Waals surface area contributed by atoms with Crippen LogP contribution < -0.4 is 5.73 Å². The Morgan fingerprint density at radius 3 is 2.65 bits per heavy atom. The summed E-state index contributed by atoms with van der Waals surface area (Å²) in [7, 11) is 0. The van der Waals surface area contributed by atoms with Gasteiger partial charge in [0.15, 0.2) is 5.78 Å². The Hall–Kier alpha value is -0.930. The van der Waals surface area contributed by atoms with Crippen LogP contribution in [0.2, 0.25) is 5.02 Å². The lowest BCUT2D eigenvalue weighted by molar-refractivity contribution is 0.0809. The fourth-order valence-corrected chi connectivity index (χ4v) is 2.74. The van der Waals surface area contributed by atoms with Crippen LogP contribution in [-0.4, -0.2) is 12.3 Å². The van der Waals surface area contributed by atoms with Crippen molar-refractivity contribution in [3.8, 4) is 0 Å². The highest BCUT2D eigenvalue weighted by Crippen LogP contribution is 2.41. The number of rotatable bonds is 3. The highest BCUT2D eigenvalue weighted by atomic mass is 35.5. The molecule has 0 saturated heterocycles. The van der Waals surface area contributed by atoms with E-state index in [-0.39, 0.29) is 11.3 Å². The standard InChI is InChI=1S/C13H15ClFNO/c14-11-4-3-9(15)7-10(11)12(17)13(8-16)5-1-2-6-13/h3-4,7H,1-2,5-6,8,16H2. The maximum atomic E-state index is 13.2. The van der Waals surface area contributed by atoms with Crippen molar-refractivity contribution in [3.05, 3.63) is 34.6 Å². The summed E-state index contributed by atoms with van der Waals surface area (Å²) in [6, 6.07) is 3.88. The number of nitrogens with two attached hydrogens (primary N) is 1. The van der Waals surface area contributed by atoms with Gasteiger partial charge in [-0.15, -0.1) is 0 Å². The van der Waals surface area contributed by atoms with E-state index in [9.17, 15) is 9.18 Å². The van der Waals surface area contributed by atoms with Crippen LogP contribution in [0.5, 0.6) is 0 Å². The molecular formula is C13H15ClFNO. The van der Waals surface area contributed by atoms with Crippen molar-refractivity contribution in [2.24, 2.45) is 11.1 Å². The SMILES string of the molecule is NCC1(C(=O)c2cc(F)ccc2Cl)CCCC1. The van der Waals surface area contributed by atoms with E-state index in [1.54, 1.807) is 0 Å². The summed E-state index contributed by atoms with van der Waals surface area (Å²) in [4.78, 5) is 12.4. The van der Waals surface area contributed by atoms with Gasteiger partial charge in [0.25, 0.3) is 0 Å². The first-order valence-electron chi connectivity index (χ1n) is 5.79. The summed E-state index contributed by atoms with van der Waals surface area (Å²) in [5, 5.41) is 0.302. The minimum absolute atomic E-state index is 0.109. The number of hydrogen-bond donors (Lipinski definition) is 1. The zero-order chi connectivity index (χ0) is 12.5. The Labute approximate surface area is 105 Å². The predicted molar refractivity (Wildman–Crippen MR) is 65.7 cm³/mol. The third kappa shape index (κ3) is 2.22. The third-order valence-electron chi connectivity index (χ3n) is 3.61. The van der Waals surface area contributed by atoms with Crippen molar-refractivity contribution in [2.45, 2.75) is 25.7 Å². The van der Waals surface area contributed by atoms with Crippen molar-refractivity contribution in [2.75, 3.05) is 6.54 Å². The van der Waals surface area contributed by atoms with Crippen molar-refractivity contribution in [1.82, 2.24) is 0 Å². The molecule has 2 rings (SSSR count). The maximum Gasteiger partial charge on any atom is 0.171 e. The zero-order valence-electron chi connectivity index (χ0n) is 9.51. The van der Waals surface area contributed by atoms with Gasteiger partial charge in [0.2, 0.25) is 0 Å². The van der Waals surface area contributed by atoms with E-state index in [2.05, 4.69) is 0 Å². The molecule has 2 nitrogen and oxygen atoms in total. The molecule has 0 spiro atoms. The molecule has 0 unspecified atom stereocenters. The van der Waals surface area contributed by atoms with Gasteiger partial charge in [-0.3, -0.25) is 4.79 Å². The van der Waals surface area contributed by atoms with Gasteiger partial charge in [0.05, 0.1) is 5.02 Å². The molecule has 1 fully saturated rings. The van der Waals surface area contributed by atoms with Crippen molar-refractivity contribution in [3.63, 3.8) is 0 Å². The van der Waals surface area contributed by atoms with Crippen LogP contribution in [0.3, 0.4) is 0 Å². The van der Waals surface area contributed by atoms with Crippen LogP contribution in [0.1, 0.15) is 36.0 Å². The van der Waals surface area contributed by atoms with Gasteiger partial charge in [-0.1, -0.05) is 24.4 Å². The number of carbonyl (C=O) groups excluding carboxylic acids is 1. The minimum Gasteiger partial charge on any atom is -0.329 e. The molecule has 0 aromatic heterocycles. The molecule has 17 heavy (non-hydrogen) atoms. The van der Waals surface area contributed by atoms with E-state index in [0.29, 0.717) is 11.6 Å². The summed E-state index contributed by atoms with van der Waals surface area (Å²) in [5.41, 5.74) is 5.47. The molecule has 1 aromatic rings. The minimum atomic E-state index is -0.530. The van der Waals surface area contributed by atoms with E-state index in [4.69, 9.17) is 17.3 Å². The van der Waals surface area contributed by atoms with Gasteiger partial charge in [0, 0.05) is 17.5 Å². The number of benzene rings is 1. The highest BCUT2D eigenvalue weighted by molar-refractivity contribution is 6.34. The molecule has 0 aliphatic heterocycles. The first-order chi connectivity index (χ1) is 8.09. The highest BCUT2D eigenvalue weighted by Gasteiger charge is 2.40. The quantitative estimate of drug-likeness (QED) is 0.843. The fourth-order valence-electron chi connectivity index (χ4n) is 2.53. The maximum absolute atomic E-state index is 13.2. The Bertz CT molecular complexity index is 441. The van der Waals surface area contributed by atoms with Gasteiger partial charge < -0.3 is 5.73 Å². The van der Waals surface area contributed by atoms with Gasteiger partial charge in [-0.25, -0.2) is 4.39 Å². The second-order valence-electron chi connectivity index (χ2n) is 4.64. The number of carbonyl (C=O) groups is 1. The first kappa shape index (κ1) is 12.5. The summed E-state index contributed by atoms with van der Waals surface area (Å²) in [5.74, 6) is -0.551. The van der Waals surface area contributed by atoms with E-state index in [0.717, 1.165) is 25.7 Å². The smallest absolute Gasteiger partial charge is 0.171 e. The molecule has 0 atom stereocenters. The second-order valence-corrected chi connectivity index (χ2v) is 5.05. The lowest BCUT2D eigenvalue weighted by Crippen LogP contribution is -2.36. The number of halogens is 2. The van der Waals surface area contributed by atoms with Gasteiger partial charge in [-0.2, -0.15) is 0 Å². The molecule has 0 radical (unpaired) electrons. The Morgan fingerprint density at radius 2 is 2.06 bits per heavy atom. The van der Waals surface area contributed by atoms with E-state index in [1.807, 2.05) is 0 Å². The summed E-state index contributed by atoms with van der Waals surface area (Å²) in [6.45, 7) is 0.304. The summed E-state index contributed by atoms with van der Waals surface area (Å²) >= 11 is 5.96. The van der Waals surface area contributed by atoms with Gasteiger partial charge in [0.1, 0.15) is 5.82 Å². The summed E-state index contributed by atoms with van der Waals surface area (Å²) < 4.78 is 13.2. The lowest BCUT2D eigenvalue weighted by atomic mass is 9.79. The van der Waals surface area contributed by atoms with Crippen LogP contribution in [0.25, 0.3) is 0 Å². The molecule has 4 heteroatoms. The van der Waals surface area contributed by atoms with E-state index in [1.165, 1.54) is 18.2 Å². The number of hydrogen-bond acceptors (Lipinski definition) is 2. The Kier molecular flexibility index (Phi) is 3.50. The Morgan fingerprint density at radius 1 is 1.41 bits per heavy atom. The van der Waals surface area contributed by atoms with E-state index >= 15 is 0 Å². The van der Waals surface area contributed by atoms with Gasteiger partial charge in [-0.05, 0) is 31.0 Å². The van der Waals surface area contributed by atoms with Crippen LogP contribution in [0, 0.1) is 11.2 Å². The molecule has 1 aromatic carbocycles. The average molecular weight is 256 g/mol. The van der Waals surface area contributed by atoms with Crippen molar-refractivity contribution >= 4 is 17.4 Å². The average Bonchev–Trinajstić information content (AvgIpc) is 2.81.